The van der Waals surface area contributed by atoms with E-state index in [1.54, 1.807) is 0 Å². The summed E-state index contributed by atoms with van der Waals surface area (Å²) < 4.78 is 64.5. The van der Waals surface area contributed by atoms with E-state index in [4.69, 9.17) is 0 Å². The molecule has 0 aromatic heterocycles. The van der Waals surface area contributed by atoms with Crippen molar-refractivity contribution >= 4 is 5.78 Å². The van der Waals surface area contributed by atoms with Gasteiger partial charge < -0.3 is 4.74 Å². The molecule has 94 valence electrons. The summed E-state index contributed by atoms with van der Waals surface area (Å²) in [6.45, 7) is 0.893. The van der Waals surface area contributed by atoms with E-state index in [1.165, 1.54) is 0 Å². The highest BCUT2D eigenvalue weighted by Gasteiger charge is 2.33. The molecule has 0 bridgehead atoms. The molecular formula is C10H7F5O2. The molecule has 0 aliphatic carbocycles. The fourth-order valence-corrected chi connectivity index (χ4v) is 1.32. The molecular weight excluding hydrogens is 247 g/mol. The van der Waals surface area contributed by atoms with Crippen molar-refractivity contribution in [2.24, 2.45) is 0 Å². The Kier molecular flexibility index (Phi) is 3.69. The van der Waals surface area contributed by atoms with Crippen LogP contribution in [0.25, 0.3) is 0 Å². The van der Waals surface area contributed by atoms with E-state index in [1.807, 2.05) is 0 Å². The Morgan fingerprint density at radius 3 is 2.29 bits per heavy atom. The average Bonchev–Trinajstić information content (AvgIpc) is 2.14. The first kappa shape index (κ1) is 13.4. The van der Waals surface area contributed by atoms with Crippen LogP contribution >= 0.6 is 0 Å². The number of ether oxygens (including phenoxy) is 1. The van der Waals surface area contributed by atoms with Crippen LogP contribution in [0.1, 0.15) is 29.3 Å². The van der Waals surface area contributed by atoms with Crippen LogP contribution in [0, 0.1) is 0 Å². The van der Waals surface area contributed by atoms with E-state index < -0.39 is 35.4 Å². The van der Waals surface area contributed by atoms with Crippen LogP contribution in [0.3, 0.4) is 0 Å². The molecule has 7 heteroatoms. The normalized spacial score (nSPS) is 11.7. The van der Waals surface area contributed by atoms with Crippen LogP contribution in [0.15, 0.2) is 18.2 Å². The highest BCUT2D eigenvalue weighted by Crippen LogP contribution is 2.33. The summed E-state index contributed by atoms with van der Waals surface area (Å²) in [5.74, 6) is -1.83. The van der Waals surface area contributed by atoms with Gasteiger partial charge >= 0.3 is 6.36 Å². The number of benzene rings is 1. The summed E-state index contributed by atoms with van der Waals surface area (Å²) in [6.07, 6.45) is -8.09. The maximum Gasteiger partial charge on any atom is 0.573 e. The molecule has 17 heavy (non-hydrogen) atoms. The molecule has 0 unspecified atom stereocenters. The van der Waals surface area contributed by atoms with Crippen LogP contribution in [-0.2, 0) is 0 Å². The lowest BCUT2D eigenvalue weighted by Crippen LogP contribution is -2.19. The van der Waals surface area contributed by atoms with Crippen LogP contribution < -0.4 is 4.74 Å². The van der Waals surface area contributed by atoms with Gasteiger partial charge in [-0.25, -0.2) is 8.78 Å². The lowest BCUT2D eigenvalue weighted by Gasteiger charge is -2.14. The second kappa shape index (κ2) is 4.68. The number of rotatable bonds is 3. The minimum atomic E-state index is -5.04. The summed E-state index contributed by atoms with van der Waals surface area (Å²) in [6, 6.07) is 2.66. The molecule has 2 nitrogen and oxygen atoms in total. The standard InChI is InChI=1S/C10H7F5O2/c1-5(16)8-6(9(11)12)3-2-4-7(8)17-10(13,14)15/h2-4,9H,1H3. The molecule has 0 saturated heterocycles. The Balaban J connectivity index is 3.30. The number of ketones is 1. The smallest absolute Gasteiger partial charge is 0.405 e. The summed E-state index contributed by atoms with van der Waals surface area (Å²) in [4.78, 5) is 11.1. The molecule has 0 radical (unpaired) electrons. The van der Waals surface area contributed by atoms with Gasteiger partial charge in [0.1, 0.15) is 5.75 Å². The lowest BCUT2D eigenvalue weighted by atomic mass is 10.0. The topological polar surface area (TPSA) is 26.3 Å². The fraction of sp³-hybridized carbons (Fsp3) is 0.300. The van der Waals surface area contributed by atoms with Crippen molar-refractivity contribution in [2.45, 2.75) is 19.7 Å². The quantitative estimate of drug-likeness (QED) is 0.607. The zero-order valence-electron chi connectivity index (χ0n) is 8.52. The number of hydrogen-bond donors (Lipinski definition) is 0. The number of alkyl halides is 5. The first-order valence-electron chi connectivity index (χ1n) is 4.40. The van der Waals surface area contributed by atoms with E-state index in [9.17, 15) is 26.7 Å². The molecule has 1 aromatic carbocycles. The zero-order chi connectivity index (χ0) is 13.2. The Morgan fingerprint density at radius 2 is 1.88 bits per heavy atom. The first-order chi connectivity index (χ1) is 7.72. The predicted molar refractivity (Wildman–Crippen MR) is 48.1 cm³/mol. The lowest BCUT2D eigenvalue weighted by molar-refractivity contribution is -0.274. The second-order valence-electron chi connectivity index (χ2n) is 3.13. The van der Waals surface area contributed by atoms with Gasteiger partial charge in [-0.2, -0.15) is 0 Å². The number of Topliss-reactive ketones (excluding diaryl/α,β-unsaturated/α-hetero) is 1. The molecule has 1 rings (SSSR count). The van der Waals surface area contributed by atoms with Crippen LogP contribution in [0.5, 0.6) is 5.75 Å². The molecule has 0 saturated carbocycles. The third-order valence-corrected chi connectivity index (χ3v) is 1.87. The molecule has 1 aromatic rings. The largest absolute Gasteiger partial charge is 0.573 e. The molecule has 0 amide bonds. The van der Waals surface area contributed by atoms with Gasteiger partial charge in [0, 0.05) is 5.56 Å². The Bertz CT molecular complexity index is 425. The van der Waals surface area contributed by atoms with Crippen molar-refractivity contribution in [3.05, 3.63) is 29.3 Å². The first-order valence-corrected chi connectivity index (χ1v) is 4.40. The number of carbonyl (C=O) groups excluding carboxylic acids is 1. The van der Waals surface area contributed by atoms with E-state index >= 15 is 0 Å². The Labute approximate surface area is 93.0 Å². The molecule has 0 atom stereocenters. The monoisotopic (exact) mass is 254 g/mol. The summed E-state index contributed by atoms with van der Waals surface area (Å²) in [5.41, 5.74) is -1.53. The van der Waals surface area contributed by atoms with Gasteiger partial charge in [0.15, 0.2) is 5.78 Å². The van der Waals surface area contributed by atoms with Gasteiger partial charge in [0.25, 0.3) is 6.43 Å². The Morgan fingerprint density at radius 1 is 1.29 bits per heavy atom. The third kappa shape index (κ3) is 3.40. The second-order valence-corrected chi connectivity index (χ2v) is 3.13. The van der Waals surface area contributed by atoms with Crippen LogP contribution in [0.2, 0.25) is 0 Å². The zero-order valence-corrected chi connectivity index (χ0v) is 8.52. The fourth-order valence-electron chi connectivity index (χ4n) is 1.32. The minimum Gasteiger partial charge on any atom is -0.405 e. The molecule has 0 N–H and O–H groups in total. The van der Waals surface area contributed by atoms with Crippen molar-refractivity contribution in [1.29, 1.82) is 0 Å². The van der Waals surface area contributed by atoms with Gasteiger partial charge in [-0.15, -0.1) is 13.2 Å². The summed E-state index contributed by atoms with van der Waals surface area (Å²) in [5, 5.41) is 0. The van der Waals surface area contributed by atoms with E-state index in [0.29, 0.717) is 0 Å². The average molecular weight is 254 g/mol. The Hall–Kier alpha value is -1.66. The van der Waals surface area contributed by atoms with Crippen molar-refractivity contribution in [3.63, 3.8) is 0 Å². The maximum absolute atomic E-state index is 12.5. The molecule has 0 fully saturated rings. The SMILES string of the molecule is CC(=O)c1c(OC(F)(F)F)cccc1C(F)F. The van der Waals surface area contributed by atoms with Crippen molar-refractivity contribution in [3.8, 4) is 5.75 Å². The highest BCUT2D eigenvalue weighted by atomic mass is 19.4. The van der Waals surface area contributed by atoms with Gasteiger partial charge in [0.05, 0.1) is 5.56 Å². The number of carbonyl (C=O) groups is 1. The number of hydrogen-bond acceptors (Lipinski definition) is 2. The van der Waals surface area contributed by atoms with E-state index in [-0.39, 0.29) is 0 Å². The predicted octanol–water partition coefficient (Wildman–Crippen LogP) is 3.73. The van der Waals surface area contributed by atoms with Gasteiger partial charge in [-0.05, 0) is 13.0 Å². The molecule has 0 spiro atoms. The number of halogens is 5. The van der Waals surface area contributed by atoms with Gasteiger partial charge in [-0.1, -0.05) is 12.1 Å². The van der Waals surface area contributed by atoms with Crippen LogP contribution in [0.4, 0.5) is 22.0 Å². The van der Waals surface area contributed by atoms with Crippen molar-refractivity contribution < 1.29 is 31.5 Å². The van der Waals surface area contributed by atoms with E-state index in [0.717, 1.165) is 25.1 Å². The van der Waals surface area contributed by atoms with Gasteiger partial charge in [-0.3, -0.25) is 4.79 Å². The molecule has 0 aliphatic heterocycles. The minimum absolute atomic E-state index is 0.750. The highest BCUT2D eigenvalue weighted by molar-refractivity contribution is 5.98. The van der Waals surface area contributed by atoms with Crippen LogP contribution in [-0.4, -0.2) is 12.1 Å². The third-order valence-electron chi connectivity index (χ3n) is 1.87. The van der Waals surface area contributed by atoms with Crippen molar-refractivity contribution in [1.82, 2.24) is 0 Å². The maximum atomic E-state index is 12.5. The van der Waals surface area contributed by atoms with Crippen molar-refractivity contribution in [2.75, 3.05) is 0 Å². The van der Waals surface area contributed by atoms with Gasteiger partial charge in [0.2, 0.25) is 0 Å². The van der Waals surface area contributed by atoms with E-state index in [2.05, 4.69) is 4.74 Å². The molecule has 0 aliphatic rings. The summed E-state index contributed by atoms with van der Waals surface area (Å²) >= 11 is 0. The summed E-state index contributed by atoms with van der Waals surface area (Å²) in [7, 11) is 0. The molecule has 0 heterocycles.